The quantitative estimate of drug-likeness (QED) is 0.725. The van der Waals surface area contributed by atoms with Crippen LogP contribution >= 0.6 is 0 Å². The number of nitrogens with one attached hydrogen (secondary N) is 2. The normalized spacial score (nSPS) is 9.62. The molecule has 0 aliphatic carbocycles. The van der Waals surface area contributed by atoms with E-state index in [0.29, 0.717) is 17.9 Å². The molecule has 0 saturated heterocycles. The second kappa shape index (κ2) is 5.16. The fourth-order valence-electron chi connectivity index (χ4n) is 1.31. The number of amides is 1. The van der Waals surface area contributed by atoms with E-state index in [2.05, 4.69) is 10.6 Å². The van der Waals surface area contributed by atoms with Crippen molar-refractivity contribution in [3.63, 3.8) is 0 Å². The Kier molecular flexibility index (Phi) is 3.88. The molecule has 0 fully saturated rings. The number of carboxylic acids is 1. The van der Waals surface area contributed by atoms with Gasteiger partial charge in [0.15, 0.2) is 0 Å². The lowest BCUT2D eigenvalue weighted by molar-refractivity contribution is -0.114. The average Bonchev–Trinajstić information content (AvgIpc) is 2.20. The zero-order valence-electron chi connectivity index (χ0n) is 9.20. The number of carbonyl (C=O) groups is 2. The van der Waals surface area contributed by atoms with Crippen LogP contribution in [0, 0.1) is 0 Å². The summed E-state index contributed by atoms with van der Waals surface area (Å²) in [6, 6.07) is 4.52. The van der Waals surface area contributed by atoms with E-state index in [1.807, 2.05) is 6.92 Å². The van der Waals surface area contributed by atoms with Crippen LogP contribution in [0.4, 0.5) is 11.4 Å². The summed E-state index contributed by atoms with van der Waals surface area (Å²) in [4.78, 5) is 21.7. The molecule has 1 aromatic rings. The van der Waals surface area contributed by atoms with Gasteiger partial charge in [-0.3, -0.25) is 4.79 Å². The van der Waals surface area contributed by atoms with Crippen molar-refractivity contribution in [2.45, 2.75) is 13.8 Å². The van der Waals surface area contributed by atoms with Crippen LogP contribution in [0.25, 0.3) is 0 Å². The van der Waals surface area contributed by atoms with Gasteiger partial charge >= 0.3 is 5.97 Å². The molecular formula is C11H14N2O3. The Morgan fingerprint density at radius 1 is 1.31 bits per heavy atom. The van der Waals surface area contributed by atoms with Gasteiger partial charge in [0.1, 0.15) is 0 Å². The summed E-state index contributed by atoms with van der Waals surface area (Å²) in [5.41, 5.74) is 1.38. The number of aromatic carboxylic acids is 1. The number of carboxylic acid groups (broad SMARTS) is 1. The molecule has 0 spiro atoms. The highest BCUT2D eigenvalue weighted by molar-refractivity contribution is 5.95. The van der Waals surface area contributed by atoms with Crippen molar-refractivity contribution in [1.29, 1.82) is 0 Å². The monoisotopic (exact) mass is 222 g/mol. The third kappa shape index (κ3) is 2.98. The number of hydrogen-bond donors (Lipinski definition) is 3. The number of rotatable bonds is 4. The minimum absolute atomic E-state index is 0.185. The second-order valence-corrected chi connectivity index (χ2v) is 3.28. The summed E-state index contributed by atoms with van der Waals surface area (Å²) in [6.45, 7) is 3.95. The number of carbonyl (C=O) groups excluding carboxylic acids is 1. The predicted molar refractivity (Wildman–Crippen MR) is 61.9 cm³/mol. The zero-order chi connectivity index (χ0) is 12.1. The fourth-order valence-corrected chi connectivity index (χ4v) is 1.31. The van der Waals surface area contributed by atoms with Crippen molar-refractivity contribution in [2.24, 2.45) is 0 Å². The minimum atomic E-state index is -0.992. The van der Waals surface area contributed by atoms with E-state index in [-0.39, 0.29) is 11.5 Å². The predicted octanol–water partition coefficient (Wildman–Crippen LogP) is 1.77. The highest BCUT2D eigenvalue weighted by Gasteiger charge is 2.08. The van der Waals surface area contributed by atoms with E-state index in [9.17, 15) is 9.59 Å². The second-order valence-electron chi connectivity index (χ2n) is 3.28. The molecule has 0 unspecified atom stereocenters. The Hall–Kier alpha value is -2.04. The zero-order valence-corrected chi connectivity index (χ0v) is 9.20. The molecule has 0 heterocycles. The Balaban J connectivity index is 3.08. The van der Waals surface area contributed by atoms with Crippen LogP contribution in [0.1, 0.15) is 24.2 Å². The average molecular weight is 222 g/mol. The lowest BCUT2D eigenvalue weighted by atomic mass is 10.1. The van der Waals surface area contributed by atoms with Gasteiger partial charge < -0.3 is 15.7 Å². The van der Waals surface area contributed by atoms with Gasteiger partial charge in [-0.2, -0.15) is 0 Å². The van der Waals surface area contributed by atoms with Crippen molar-refractivity contribution in [3.8, 4) is 0 Å². The topological polar surface area (TPSA) is 78.4 Å². The van der Waals surface area contributed by atoms with E-state index in [1.54, 1.807) is 6.07 Å². The smallest absolute Gasteiger partial charge is 0.335 e. The van der Waals surface area contributed by atoms with Gasteiger partial charge in [-0.1, -0.05) is 0 Å². The van der Waals surface area contributed by atoms with Crippen molar-refractivity contribution in [2.75, 3.05) is 17.2 Å². The van der Waals surface area contributed by atoms with Crippen molar-refractivity contribution >= 4 is 23.3 Å². The summed E-state index contributed by atoms with van der Waals surface area (Å²) in [7, 11) is 0. The Morgan fingerprint density at radius 3 is 2.50 bits per heavy atom. The Bertz CT molecular complexity index is 416. The molecule has 0 aliphatic rings. The van der Waals surface area contributed by atoms with E-state index in [0.717, 1.165) is 0 Å². The standard InChI is InChI=1S/C11H14N2O3/c1-3-12-10-6-8(11(15)16)4-5-9(10)13-7(2)14/h4-6,12H,3H2,1-2H3,(H,13,14)(H,15,16). The molecule has 1 amide bonds. The molecule has 16 heavy (non-hydrogen) atoms. The first kappa shape index (κ1) is 12.0. The van der Waals surface area contributed by atoms with E-state index < -0.39 is 5.97 Å². The van der Waals surface area contributed by atoms with Gasteiger partial charge in [-0.05, 0) is 25.1 Å². The molecule has 1 aromatic carbocycles. The summed E-state index contributed by atoms with van der Waals surface area (Å²) in [5.74, 6) is -1.18. The van der Waals surface area contributed by atoms with Gasteiger partial charge in [0.2, 0.25) is 5.91 Å². The maximum Gasteiger partial charge on any atom is 0.335 e. The van der Waals surface area contributed by atoms with Crippen LogP contribution in [-0.4, -0.2) is 23.5 Å². The molecule has 0 aliphatic heterocycles. The van der Waals surface area contributed by atoms with Crippen LogP contribution in [0.3, 0.4) is 0 Å². The first-order chi connectivity index (χ1) is 7.54. The van der Waals surface area contributed by atoms with Crippen molar-refractivity contribution in [1.82, 2.24) is 0 Å². The third-order valence-electron chi connectivity index (χ3n) is 1.94. The molecule has 0 atom stereocenters. The lowest BCUT2D eigenvalue weighted by Crippen LogP contribution is -2.10. The van der Waals surface area contributed by atoms with Crippen LogP contribution in [-0.2, 0) is 4.79 Å². The van der Waals surface area contributed by atoms with Crippen LogP contribution in [0.15, 0.2) is 18.2 Å². The SMILES string of the molecule is CCNc1cc(C(=O)O)ccc1NC(C)=O. The molecule has 3 N–H and O–H groups in total. The largest absolute Gasteiger partial charge is 0.478 e. The molecule has 0 aromatic heterocycles. The van der Waals surface area contributed by atoms with Gasteiger partial charge in [0, 0.05) is 13.5 Å². The molecule has 0 bridgehead atoms. The molecule has 5 nitrogen and oxygen atoms in total. The first-order valence-corrected chi connectivity index (χ1v) is 4.93. The van der Waals surface area contributed by atoms with E-state index in [1.165, 1.54) is 19.1 Å². The highest BCUT2D eigenvalue weighted by atomic mass is 16.4. The van der Waals surface area contributed by atoms with Gasteiger partial charge in [0.05, 0.1) is 16.9 Å². The molecular weight excluding hydrogens is 208 g/mol. The van der Waals surface area contributed by atoms with Crippen LogP contribution in [0.5, 0.6) is 0 Å². The summed E-state index contributed by atoms with van der Waals surface area (Å²) >= 11 is 0. The van der Waals surface area contributed by atoms with E-state index >= 15 is 0 Å². The summed E-state index contributed by atoms with van der Waals surface area (Å²) in [6.07, 6.45) is 0. The molecule has 0 saturated carbocycles. The highest BCUT2D eigenvalue weighted by Crippen LogP contribution is 2.23. The van der Waals surface area contributed by atoms with Crippen LogP contribution in [0.2, 0.25) is 0 Å². The van der Waals surface area contributed by atoms with Crippen LogP contribution < -0.4 is 10.6 Å². The van der Waals surface area contributed by atoms with Gasteiger partial charge in [0.25, 0.3) is 0 Å². The Labute approximate surface area is 93.5 Å². The molecule has 1 rings (SSSR count). The maximum absolute atomic E-state index is 10.9. The van der Waals surface area contributed by atoms with Crippen molar-refractivity contribution in [3.05, 3.63) is 23.8 Å². The molecule has 0 radical (unpaired) electrons. The lowest BCUT2D eigenvalue weighted by Gasteiger charge is -2.11. The molecule has 86 valence electrons. The summed E-state index contributed by atoms with van der Waals surface area (Å²) < 4.78 is 0. The first-order valence-electron chi connectivity index (χ1n) is 4.93. The number of benzene rings is 1. The van der Waals surface area contributed by atoms with E-state index in [4.69, 9.17) is 5.11 Å². The maximum atomic E-state index is 10.9. The van der Waals surface area contributed by atoms with Crippen molar-refractivity contribution < 1.29 is 14.7 Å². The Morgan fingerprint density at radius 2 is 2.00 bits per heavy atom. The fraction of sp³-hybridized carbons (Fsp3) is 0.273. The number of anilines is 2. The minimum Gasteiger partial charge on any atom is -0.478 e. The molecule has 5 heteroatoms. The van der Waals surface area contributed by atoms with Gasteiger partial charge in [-0.25, -0.2) is 4.79 Å². The summed E-state index contributed by atoms with van der Waals surface area (Å²) in [5, 5.41) is 14.5. The van der Waals surface area contributed by atoms with Gasteiger partial charge in [-0.15, -0.1) is 0 Å². The number of hydrogen-bond acceptors (Lipinski definition) is 3. The third-order valence-corrected chi connectivity index (χ3v) is 1.94.